The number of methoxy groups -OCH3 is 2. The maximum atomic E-state index is 12.2. The monoisotopic (exact) mass is 407 g/mol. The Labute approximate surface area is 167 Å². The number of aromatic nitrogens is 2. The quantitative estimate of drug-likeness (QED) is 0.670. The van der Waals surface area contributed by atoms with E-state index in [1.54, 1.807) is 20.3 Å². The van der Waals surface area contributed by atoms with Crippen LogP contribution in [0.5, 0.6) is 11.5 Å². The van der Waals surface area contributed by atoms with Gasteiger partial charge in [-0.05, 0) is 24.1 Å². The molecule has 2 aromatic rings. The highest BCUT2D eigenvalue weighted by molar-refractivity contribution is 6.33. The van der Waals surface area contributed by atoms with Gasteiger partial charge in [-0.2, -0.15) is 5.10 Å². The largest absolute Gasteiger partial charge is 0.493 e. The van der Waals surface area contributed by atoms with Gasteiger partial charge in [0.25, 0.3) is 5.56 Å². The Morgan fingerprint density at radius 1 is 1.36 bits per heavy atom. The van der Waals surface area contributed by atoms with E-state index in [0.29, 0.717) is 36.8 Å². The highest BCUT2D eigenvalue weighted by atomic mass is 35.5. The number of anilines is 1. The molecule has 3 rings (SSSR count). The summed E-state index contributed by atoms with van der Waals surface area (Å²) in [6.45, 7) is 1.58. The predicted octanol–water partition coefficient (Wildman–Crippen LogP) is 1.52. The van der Waals surface area contributed by atoms with Crippen molar-refractivity contribution >= 4 is 23.3 Å². The zero-order chi connectivity index (χ0) is 20.1. The molecule has 10 heteroatoms. The van der Waals surface area contributed by atoms with Gasteiger partial charge in [-0.15, -0.1) is 0 Å². The van der Waals surface area contributed by atoms with Gasteiger partial charge >= 0.3 is 6.03 Å². The first-order valence-corrected chi connectivity index (χ1v) is 9.13. The van der Waals surface area contributed by atoms with Gasteiger partial charge in [0.1, 0.15) is 5.02 Å². The third-order valence-electron chi connectivity index (χ3n) is 4.54. The van der Waals surface area contributed by atoms with Crippen LogP contribution in [0.4, 0.5) is 10.5 Å². The number of nitrogens with zero attached hydrogens (tertiary/aromatic N) is 2. The fourth-order valence-electron chi connectivity index (χ4n) is 3.10. The maximum Gasteiger partial charge on any atom is 0.315 e. The molecular weight excluding hydrogens is 386 g/mol. The van der Waals surface area contributed by atoms with Gasteiger partial charge in [-0.1, -0.05) is 17.7 Å². The van der Waals surface area contributed by atoms with E-state index < -0.39 is 5.56 Å². The number of amides is 2. The molecule has 0 saturated carbocycles. The molecule has 0 radical (unpaired) electrons. The number of aromatic amines is 1. The summed E-state index contributed by atoms with van der Waals surface area (Å²) >= 11 is 6.05. The van der Waals surface area contributed by atoms with Gasteiger partial charge in [0.2, 0.25) is 0 Å². The van der Waals surface area contributed by atoms with E-state index >= 15 is 0 Å². The molecule has 0 spiro atoms. The van der Waals surface area contributed by atoms with Gasteiger partial charge in [0.05, 0.1) is 26.1 Å². The predicted molar refractivity (Wildman–Crippen MR) is 105 cm³/mol. The summed E-state index contributed by atoms with van der Waals surface area (Å²) in [5.41, 5.74) is 1.03. The first-order chi connectivity index (χ1) is 13.5. The van der Waals surface area contributed by atoms with Crippen LogP contribution in [0.25, 0.3) is 0 Å². The Morgan fingerprint density at radius 2 is 2.14 bits per heavy atom. The summed E-state index contributed by atoms with van der Waals surface area (Å²) < 4.78 is 10.5. The molecule has 1 aliphatic rings. The average Bonchev–Trinajstić information content (AvgIpc) is 3.16. The molecule has 0 bridgehead atoms. The molecule has 28 heavy (non-hydrogen) atoms. The lowest BCUT2D eigenvalue weighted by Crippen LogP contribution is -2.43. The zero-order valence-corrected chi connectivity index (χ0v) is 16.4. The van der Waals surface area contributed by atoms with Crippen molar-refractivity contribution in [3.8, 4) is 11.5 Å². The van der Waals surface area contributed by atoms with Crippen molar-refractivity contribution in [2.45, 2.75) is 19.0 Å². The second kappa shape index (κ2) is 8.83. The number of H-pyrrole nitrogens is 1. The fraction of sp³-hybridized carbons (Fsp3) is 0.389. The van der Waals surface area contributed by atoms with Crippen molar-refractivity contribution < 1.29 is 14.3 Å². The molecule has 2 amide bonds. The first-order valence-electron chi connectivity index (χ1n) is 8.75. The molecule has 1 aromatic carbocycles. The van der Waals surface area contributed by atoms with E-state index in [-0.39, 0.29) is 17.1 Å². The summed E-state index contributed by atoms with van der Waals surface area (Å²) in [5.74, 6) is 1.24. The van der Waals surface area contributed by atoms with Crippen LogP contribution in [0.3, 0.4) is 0 Å². The molecule has 1 saturated heterocycles. The topological polar surface area (TPSA) is 109 Å². The van der Waals surface area contributed by atoms with Crippen LogP contribution in [0.15, 0.2) is 29.2 Å². The molecule has 0 aliphatic carbocycles. The van der Waals surface area contributed by atoms with E-state index in [2.05, 4.69) is 20.8 Å². The second-order valence-corrected chi connectivity index (χ2v) is 6.72. The van der Waals surface area contributed by atoms with Crippen molar-refractivity contribution in [1.82, 2.24) is 20.8 Å². The molecule has 1 aromatic heterocycles. The van der Waals surface area contributed by atoms with Crippen LogP contribution in [0, 0.1) is 0 Å². The number of hydrogen-bond donors (Lipinski definition) is 3. The van der Waals surface area contributed by atoms with Gasteiger partial charge < -0.3 is 25.0 Å². The zero-order valence-electron chi connectivity index (χ0n) is 15.6. The summed E-state index contributed by atoms with van der Waals surface area (Å²) in [4.78, 5) is 25.7. The average molecular weight is 408 g/mol. The fourth-order valence-corrected chi connectivity index (χ4v) is 3.31. The van der Waals surface area contributed by atoms with Crippen LogP contribution < -0.4 is 30.6 Å². The lowest BCUT2D eigenvalue weighted by molar-refractivity contribution is 0.237. The van der Waals surface area contributed by atoms with Gasteiger partial charge in [0, 0.05) is 25.7 Å². The van der Waals surface area contributed by atoms with E-state index in [1.807, 2.05) is 17.0 Å². The number of carbonyl (C=O) groups excluding carboxylic acids is 1. The molecule has 1 aliphatic heterocycles. The summed E-state index contributed by atoms with van der Waals surface area (Å²) in [6.07, 6.45) is 2.26. The molecule has 2 heterocycles. The van der Waals surface area contributed by atoms with Crippen LogP contribution in [0.2, 0.25) is 5.02 Å². The minimum Gasteiger partial charge on any atom is -0.493 e. The van der Waals surface area contributed by atoms with E-state index in [1.165, 1.54) is 6.20 Å². The number of ether oxygens (including phenoxy) is 2. The Kier molecular flexibility index (Phi) is 6.25. The number of carbonyl (C=O) groups is 1. The lowest BCUT2D eigenvalue weighted by atomic mass is 10.2. The Hall–Kier alpha value is -2.94. The number of hydrogen-bond acceptors (Lipinski definition) is 6. The van der Waals surface area contributed by atoms with Crippen molar-refractivity contribution in [3.05, 3.63) is 45.3 Å². The van der Waals surface area contributed by atoms with Crippen LogP contribution >= 0.6 is 11.6 Å². The number of benzene rings is 1. The molecule has 9 nitrogen and oxygen atoms in total. The third-order valence-corrected chi connectivity index (χ3v) is 4.91. The van der Waals surface area contributed by atoms with Crippen molar-refractivity contribution in [1.29, 1.82) is 0 Å². The van der Waals surface area contributed by atoms with Gasteiger partial charge in [-0.25, -0.2) is 9.89 Å². The summed E-state index contributed by atoms with van der Waals surface area (Å²) in [6, 6.07) is 5.15. The molecule has 1 atom stereocenters. The molecule has 3 N–H and O–H groups in total. The number of rotatable bonds is 6. The molecular formula is C18H22ClN5O4. The van der Waals surface area contributed by atoms with Gasteiger partial charge in [-0.3, -0.25) is 4.79 Å². The Morgan fingerprint density at radius 3 is 2.89 bits per heavy atom. The van der Waals surface area contributed by atoms with E-state index in [9.17, 15) is 9.59 Å². The third kappa shape index (κ3) is 4.48. The minimum absolute atomic E-state index is 0.0549. The molecule has 150 valence electrons. The summed E-state index contributed by atoms with van der Waals surface area (Å²) in [7, 11) is 3.14. The SMILES string of the molecule is COc1ccc(CNC(=O)NC2CCN(c3cn[nH]c(=O)c3Cl)C2)cc1OC. The standard InChI is InChI=1S/C18H22ClN5O4/c1-27-14-4-3-11(7-15(14)28-2)8-20-18(26)22-12-5-6-24(10-12)13-9-21-23-17(25)16(13)19/h3-4,7,9,12H,5-6,8,10H2,1-2H3,(H,23,25)(H2,20,22,26). The lowest BCUT2D eigenvalue weighted by Gasteiger charge is -2.19. The maximum absolute atomic E-state index is 12.2. The van der Waals surface area contributed by atoms with E-state index in [0.717, 1.165) is 12.0 Å². The van der Waals surface area contributed by atoms with Crippen molar-refractivity contribution in [3.63, 3.8) is 0 Å². The normalized spacial score (nSPS) is 16.0. The molecule has 1 fully saturated rings. The second-order valence-electron chi connectivity index (χ2n) is 6.35. The highest BCUT2D eigenvalue weighted by Crippen LogP contribution is 2.27. The van der Waals surface area contributed by atoms with Crippen molar-refractivity contribution in [2.24, 2.45) is 0 Å². The smallest absolute Gasteiger partial charge is 0.315 e. The van der Waals surface area contributed by atoms with Crippen LogP contribution in [-0.2, 0) is 6.54 Å². The molecule has 1 unspecified atom stereocenters. The van der Waals surface area contributed by atoms with Crippen LogP contribution in [0.1, 0.15) is 12.0 Å². The van der Waals surface area contributed by atoms with Gasteiger partial charge in [0.15, 0.2) is 11.5 Å². The number of urea groups is 1. The Balaban J connectivity index is 1.52. The van der Waals surface area contributed by atoms with E-state index in [4.69, 9.17) is 21.1 Å². The van der Waals surface area contributed by atoms with Crippen LogP contribution in [-0.4, -0.2) is 49.6 Å². The highest BCUT2D eigenvalue weighted by Gasteiger charge is 2.26. The minimum atomic E-state index is -0.428. The number of halogens is 1. The number of nitrogens with one attached hydrogen (secondary N) is 3. The van der Waals surface area contributed by atoms with Crippen molar-refractivity contribution in [2.75, 3.05) is 32.2 Å². The summed E-state index contributed by atoms with van der Waals surface area (Å²) in [5, 5.41) is 11.9. The Bertz CT molecular complexity index is 904. The first kappa shape index (κ1) is 19.8.